The van der Waals surface area contributed by atoms with Gasteiger partial charge in [-0.25, -0.2) is 5.43 Å². The number of nitrogens with one attached hydrogen (secondary N) is 1. The van der Waals surface area contributed by atoms with E-state index >= 15 is 0 Å². The molecule has 0 spiro atoms. The average Bonchev–Trinajstić information content (AvgIpc) is 2.37. The Balaban J connectivity index is 2.71. The molecular weight excluding hydrogens is 224 g/mol. The molecule has 1 aromatic rings. The van der Waals surface area contributed by atoms with Crippen LogP contribution in [0.1, 0.15) is 45.6 Å². The Kier molecular flexibility index (Phi) is 6.12. The van der Waals surface area contributed by atoms with Crippen LogP contribution in [0.4, 0.5) is 0 Å². The topological polar surface area (TPSA) is 41.5 Å². The van der Waals surface area contributed by atoms with Gasteiger partial charge in [0.25, 0.3) is 0 Å². The van der Waals surface area contributed by atoms with Crippen molar-refractivity contribution in [1.29, 1.82) is 0 Å². The lowest BCUT2D eigenvalue weighted by Gasteiger charge is -2.10. The van der Waals surface area contributed by atoms with Gasteiger partial charge in [-0.05, 0) is 17.9 Å². The molecule has 0 heterocycles. The zero-order valence-electron chi connectivity index (χ0n) is 11.4. The Labute approximate surface area is 109 Å². The molecule has 0 saturated carbocycles. The summed E-state index contributed by atoms with van der Waals surface area (Å²) in [5.41, 5.74) is 4.62. The zero-order chi connectivity index (χ0) is 13.4. The maximum Gasteiger partial charge on any atom is 0.240 e. The summed E-state index contributed by atoms with van der Waals surface area (Å²) in [6, 6.07) is 9.95. The lowest BCUT2D eigenvalue weighted by molar-refractivity contribution is -0.121. The number of rotatable bonds is 6. The van der Waals surface area contributed by atoms with Crippen molar-refractivity contribution >= 4 is 11.6 Å². The molecule has 0 fully saturated rings. The SMILES string of the molecule is CCCCC(=O)NN=C(c1ccccc1)C(C)C. The number of amides is 1. The van der Waals surface area contributed by atoms with Crippen molar-refractivity contribution in [1.82, 2.24) is 5.43 Å². The van der Waals surface area contributed by atoms with Gasteiger partial charge >= 0.3 is 0 Å². The lowest BCUT2D eigenvalue weighted by atomic mass is 10.0. The molecule has 0 aliphatic heterocycles. The monoisotopic (exact) mass is 246 g/mol. The van der Waals surface area contributed by atoms with Gasteiger partial charge in [0, 0.05) is 6.42 Å². The molecule has 3 nitrogen and oxygen atoms in total. The number of hydrogen-bond acceptors (Lipinski definition) is 2. The second-order valence-corrected chi connectivity index (χ2v) is 4.66. The van der Waals surface area contributed by atoms with Crippen LogP contribution in [0.15, 0.2) is 35.4 Å². The average molecular weight is 246 g/mol. The number of carbonyl (C=O) groups is 1. The number of carbonyl (C=O) groups excluding carboxylic acids is 1. The second-order valence-electron chi connectivity index (χ2n) is 4.66. The van der Waals surface area contributed by atoms with Crippen LogP contribution in [0.25, 0.3) is 0 Å². The molecule has 0 aliphatic rings. The van der Waals surface area contributed by atoms with E-state index in [4.69, 9.17) is 0 Å². The molecule has 1 N–H and O–H groups in total. The van der Waals surface area contributed by atoms with E-state index in [1.807, 2.05) is 30.3 Å². The van der Waals surface area contributed by atoms with Gasteiger partial charge in [-0.15, -0.1) is 0 Å². The van der Waals surface area contributed by atoms with Crippen LogP contribution < -0.4 is 5.43 Å². The fraction of sp³-hybridized carbons (Fsp3) is 0.467. The molecule has 0 unspecified atom stereocenters. The van der Waals surface area contributed by atoms with E-state index in [-0.39, 0.29) is 11.8 Å². The standard InChI is InChI=1S/C15H22N2O/c1-4-5-11-14(18)16-17-15(12(2)3)13-9-7-6-8-10-13/h6-10,12H,4-5,11H2,1-3H3,(H,16,18). The molecule has 0 saturated heterocycles. The van der Waals surface area contributed by atoms with Gasteiger partial charge in [0.1, 0.15) is 0 Å². The van der Waals surface area contributed by atoms with Crippen molar-refractivity contribution in [3.05, 3.63) is 35.9 Å². The number of nitrogens with zero attached hydrogens (tertiary/aromatic N) is 1. The molecule has 98 valence electrons. The van der Waals surface area contributed by atoms with Crippen molar-refractivity contribution in [2.75, 3.05) is 0 Å². The maximum atomic E-state index is 11.5. The smallest absolute Gasteiger partial charge is 0.240 e. The van der Waals surface area contributed by atoms with Gasteiger partial charge in [0.2, 0.25) is 5.91 Å². The third-order valence-electron chi connectivity index (χ3n) is 2.67. The Morgan fingerprint density at radius 3 is 2.50 bits per heavy atom. The van der Waals surface area contributed by atoms with Crippen molar-refractivity contribution in [3.63, 3.8) is 0 Å². The zero-order valence-corrected chi connectivity index (χ0v) is 11.4. The van der Waals surface area contributed by atoms with Crippen molar-refractivity contribution in [3.8, 4) is 0 Å². The van der Waals surface area contributed by atoms with Crippen molar-refractivity contribution in [2.24, 2.45) is 11.0 Å². The predicted molar refractivity (Wildman–Crippen MR) is 75.5 cm³/mol. The van der Waals surface area contributed by atoms with E-state index in [0.29, 0.717) is 6.42 Å². The summed E-state index contributed by atoms with van der Waals surface area (Å²) in [6.45, 7) is 6.22. The summed E-state index contributed by atoms with van der Waals surface area (Å²) >= 11 is 0. The molecule has 1 rings (SSSR count). The Bertz CT molecular complexity index is 396. The van der Waals surface area contributed by atoms with Crippen molar-refractivity contribution in [2.45, 2.75) is 40.0 Å². The first-order valence-electron chi connectivity index (χ1n) is 6.57. The number of benzene rings is 1. The van der Waals surface area contributed by atoms with Gasteiger partial charge in [-0.1, -0.05) is 57.5 Å². The van der Waals surface area contributed by atoms with Gasteiger partial charge in [-0.3, -0.25) is 4.79 Å². The molecular formula is C15H22N2O. The van der Waals surface area contributed by atoms with Crippen LogP contribution in [-0.4, -0.2) is 11.6 Å². The van der Waals surface area contributed by atoms with Crippen LogP contribution in [-0.2, 0) is 4.79 Å². The van der Waals surface area contributed by atoms with E-state index in [2.05, 4.69) is 31.3 Å². The highest BCUT2D eigenvalue weighted by Gasteiger charge is 2.08. The predicted octanol–water partition coefficient (Wildman–Crippen LogP) is 3.35. The van der Waals surface area contributed by atoms with Gasteiger partial charge in [0.05, 0.1) is 5.71 Å². The summed E-state index contributed by atoms with van der Waals surface area (Å²) < 4.78 is 0. The number of hydrazone groups is 1. The number of hydrogen-bond donors (Lipinski definition) is 1. The summed E-state index contributed by atoms with van der Waals surface area (Å²) in [6.07, 6.45) is 2.47. The third kappa shape index (κ3) is 4.70. The maximum absolute atomic E-state index is 11.5. The first kappa shape index (κ1) is 14.4. The minimum atomic E-state index is -0.00840. The molecule has 0 aliphatic carbocycles. The van der Waals surface area contributed by atoms with E-state index in [9.17, 15) is 4.79 Å². The molecule has 18 heavy (non-hydrogen) atoms. The minimum Gasteiger partial charge on any atom is -0.273 e. The van der Waals surface area contributed by atoms with Crippen molar-refractivity contribution < 1.29 is 4.79 Å². The van der Waals surface area contributed by atoms with Crippen LogP contribution in [0.5, 0.6) is 0 Å². The molecule has 0 atom stereocenters. The highest BCUT2D eigenvalue weighted by molar-refractivity contribution is 6.02. The Morgan fingerprint density at radius 2 is 1.94 bits per heavy atom. The lowest BCUT2D eigenvalue weighted by Crippen LogP contribution is -2.21. The van der Waals surface area contributed by atoms with Crippen LogP contribution in [0, 0.1) is 5.92 Å². The van der Waals surface area contributed by atoms with E-state index < -0.39 is 0 Å². The highest BCUT2D eigenvalue weighted by Crippen LogP contribution is 2.09. The van der Waals surface area contributed by atoms with E-state index in [1.54, 1.807) is 0 Å². The minimum absolute atomic E-state index is 0.00840. The fourth-order valence-electron chi connectivity index (χ4n) is 1.65. The van der Waals surface area contributed by atoms with Crippen LogP contribution >= 0.6 is 0 Å². The summed E-state index contributed by atoms with van der Waals surface area (Å²) in [4.78, 5) is 11.5. The van der Waals surface area contributed by atoms with Crippen LogP contribution in [0.2, 0.25) is 0 Å². The van der Waals surface area contributed by atoms with Gasteiger partial charge in [0.15, 0.2) is 0 Å². The quantitative estimate of drug-likeness (QED) is 0.607. The van der Waals surface area contributed by atoms with E-state index in [0.717, 1.165) is 24.1 Å². The molecule has 3 heteroatoms. The molecule has 1 amide bonds. The summed E-state index contributed by atoms with van der Waals surface area (Å²) in [5.74, 6) is 0.268. The Morgan fingerprint density at radius 1 is 1.28 bits per heavy atom. The molecule has 0 aromatic heterocycles. The van der Waals surface area contributed by atoms with Crippen LogP contribution in [0.3, 0.4) is 0 Å². The van der Waals surface area contributed by atoms with Gasteiger partial charge < -0.3 is 0 Å². The third-order valence-corrected chi connectivity index (χ3v) is 2.67. The first-order valence-corrected chi connectivity index (χ1v) is 6.57. The highest BCUT2D eigenvalue weighted by atomic mass is 16.2. The fourth-order valence-corrected chi connectivity index (χ4v) is 1.65. The Hall–Kier alpha value is -1.64. The van der Waals surface area contributed by atoms with E-state index in [1.165, 1.54) is 0 Å². The summed E-state index contributed by atoms with van der Waals surface area (Å²) in [7, 11) is 0. The number of unbranched alkanes of at least 4 members (excludes halogenated alkanes) is 1. The van der Waals surface area contributed by atoms with Gasteiger partial charge in [-0.2, -0.15) is 5.10 Å². The first-order chi connectivity index (χ1) is 8.65. The molecule has 0 radical (unpaired) electrons. The summed E-state index contributed by atoms with van der Waals surface area (Å²) in [5, 5.41) is 4.26. The normalized spacial score (nSPS) is 11.7. The second kappa shape index (κ2) is 7.64. The molecule has 0 bridgehead atoms. The largest absolute Gasteiger partial charge is 0.273 e. The molecule has 1 aromatic carbocycles.